The van der Waals surface area contributed by atoms with Crippen LogP contribution in [0.1, 0.15) is 10.4 Å². The maximum absolute atomic E-state index is 12.4. The molecule has 1 aromatic carbocycles. The SMILES string of the molecule is COc1ccc(Cl)c(C(=O)NN(C)c2nc(SC)ncc2Br)c1. The van der Waals surface area contributed by atoms with E-state index in [4.69, 9.17) is 16.3 Å². The molecule has 1 heterocycles. The molecule has 0 aliphatic carbocycles. The molecule has 23 heavy (non-hydrogen) atoms. The minimum Gasteiger partial charge on any atom is -0.497 e. The van der Waals surface area contributed by atoms with E-state index in [1.165, 1.54) is 23.9 Å². The van der Waals surface area contributed by atoms with Gasteiger partial charge in [0.05, 0.1) is 22.2 Å². The van der Waals surface area contributed by atoms with Crippen LogP contribution in [0, 0.1) is 0 Å². The monoisotopic (exact) mass is 416 g/mol. The fraction of sp³-hybridized carbons (Fsp3) is 0.214. The molecule has 0 fully saturated rings. The number of carbonyl (C=O) groups excluding carboxylic acids is 1. The zero-order chi connectivity index (χ0) is 17.0. The van der Waals surface area contributed by atoms with Gasteiger partial charge in [-0.2, -0.15) is 0 Å². The normalized spacial score (nSPS) is 10.3. The van der Waals surface area contributed by atoms with Crippen molar-refractivity contribution >= 4 is 51.0 Å². The van der Waals surface area contributed by atoms with Crippen LogP contribution in [0.5, 0.6) is 5.75 Å². The van der Waals surface area contributed by atoms with Crippen molar-refractivity contribution in [1.29, 1.82) is 0 Å². The number of aromatic nitrogens is 2. The zero-order valence-electron chi connectivity index (χ0n) is 12.6. The van der Waals surface area contributed by atoms with Gasteiger partial charge < -0.3 is 4.74 Å². The van der Waals surface area contributed by atoms with E-state index >= 15 is 0 Å². The molecule has 1 N–H and O–H groups in total. The Hall–Kier alpha value is -1.51. The summed E-state index contributed by atoms with van der Waals surface area (Å²) in [6, 6.07) is 4.88. The lowest BCUT2D eigenvalue weighted by atomic mass is 10.2. The number of ether oxygens (including phenoxy) is 1. The minimum atomic E-state index is -0.368. The summed E-state index contributed by atoms with van der Waals surface area (Å²) in [5.41, 5.74) is 3.03. The third-order valence-corrected chi connectivity index (χ3v) is 4.34. The van der Waals surface area contributed by atoms with E-state index in [0.29, 0.717) is 31.8 Å². The Morgan fingerprint density at radius 3 is 2.87 bits per heavy atom. The van der Waals surface area contributed by atoms with E-state index in [1.54, 1.807) is 31.4 Å². The van der Waals surface area contributed by atoms with Gasteiger partial charge in [-0.15, -0.1) is 0 Å². The van der Waals surface area contributed by atoms with Crippen molar-refractivity contribution in [3.63, 3.8) is 0 Å². The first-order valence-corrected chi connectivity index (χ1v) is 8.80. The number of nitrogens with zero attached hydrogens (tertiary/aromatic N) is 3. The molecule has 0 aliphatic heterocycles. The first kappa shape index (κ1) is 17.8. The Kier molecular flexibility index (Phi) is 6.09. The third-order valence-electron chi connectivity index (χ3n) is 2.89. The van der Waals surface area contributed by atoms with Crippen molar-refractivity contribution in [1.82, 2.24) is 15.4 Å². The molecule has 0 saturated heterocycles. The molecule has 0 aliphatic rings. The molecule has 0 saturated carbocycles. The number of rotatable bonds is 5. The molecule has 1 aromatic heterocycles. The number of hydrazine groups is 1. The predicted octanol–water partition coefficient (Wildman–Crippen LogP) is 3.40. The Morgan fingerprint density at radius 1 is 1.48 bits per heavy atom. The molecule has 6 nitrogen and oxygen atoms in total. The number of amides is 1. The second kappa shape index (κ2) is 7.85. The lowest BCUT2D eigenvalue weighted by molar-refractivity contribution is 0.0951. The lowest BCUT2D eigenvalue weighted by Gasteiger charge is -2.21. The summed E-state index contributed by atoms with van der Waals surface area (Å²) in [5, 5.41) is 2.44. The van der Waals surface area contributed by atoms with Crippen LogP contribution in [0.4, 0.5) is 5.82 Å². The third kappa shape index (κ3) is 4.27. The van der Waals surface area contributed by atoms with Crippen molar-refractivity contribution in [2.24, 2.45) is 0 Å². The summed E-state index contributed by atoms with van der Waals surface area (Å²) in [6.45, 7) is 0. The summed E-state index contributed by atoms with van der Waals surface area (Å²) >= 11 is 10.9. The van der Waals surface area contributed by atoms with E-state index in [9.17, 15) is 4.79 Å². The number of hydrogen-bond acceptors (Lipinski definition) is 6. The maximum Gasteiger partial charge on any atom is 0.271 e. The van der Waals surface area contributed by atoms with Crippen molar-refractivity contribution in [2.45, 2.75) is 5.16 Å². The van der Waals surface area contributed by atoms with Crippen LogP contribution in [0.3, 0.4) is 0 Å². The molecule has 2 rings (SSSR count). The second-order valence-electron chi connectivity index (χ2n) is 4.37. The Bertz CT molecular complexity index is 732. The van der Waals surface area contributed by atoms with Crippen molar-refractivity contribution < 1.29 is 9.53 Å². The predicted molar refractivity (Wildman–Crippen MR) is 95.4 cm³/mol. The topological polar surface area (TPSA) is 67.3 Å². The quantitative estimate of drug-likeness (QED) is 0.457. The van der Waals surface area contributed by atoms with Gasteiger partial charge in [-0.05, 0) is 40.4 Å². The molecular formula is C14H14BrClN4O2S. The van der Waals surface area contributed by atoms with Crippen LogP contribution in [-0.2, 0) is 0 Å². The fourth-order valence-corrected chi connectivity index (χ4v) is 2.74. The smallest absolute Gasteiger partial charge is 0.271 e. The van der Waals surface area contributed by atoms with Gasteiger partial charge in [-0.25, -0.2) is 9.97 Å². The highest BCUT2D eigenvalue weighted by atomic mass is 79.9. The summed E-state index contributed by atoms with van der Waals surface area (Å²) in [6.07, 6.45) is 3.51. The van der Waals surface area contributed by atoms with Gasteiger partial charge in [0.1, 0.15) is 5.75 Å². The average molecular weight is 418 g/mol. The molecular weight excluding hydrogens is 404 g/mol. The van der Waals surface area contributed by atoms with Gasteiger partial charge in [0, 0.05) is 13.2 Å². The first-order chi connectivity index (χ1) is 11.0. The zero-order valence-corrected chi connectivity index (χ0v) is 15.8. The van der Waals surface area contributed by atoms with Crippen LogP contribution in [0.15, 0.2) is 34.0 Å². The summed E-state index contributed by atoms with van der Waals surface area (Å²) < 4.78 is 5.78. The number of carbonyl (C=O) groups is 1. The lowest BCUT2D eigenvalue weighted by Crippen LogP contribution is -2.40. The van der Waals surface area contributed by atoms with Gasteiger partial charge in [0.25, 0.3) is 5.91 Å². The first-order valence-electron chi connectivity index (χ1n) is 6.41. The molecule has 9 heteroatoms. The second-order valence-corrected chi connectivity index (χ2v) is 6.41. The van der Waals surface area contributed by atoms with E-state index in [-0.39, 0.29) is 5.91 Å². The number of hydrogen-bond donors (Lipinski definition) is 1. The van der Waals surface area contributed by atoms with Crippen molar-refractivity contribution in [2.75, 3.05) is 25.4 Å². The van der Waals surface area contributed by atoms with Crippen LogP contribution < -0.4 is 15.2 Å². The van der Waals surface area contributed by atoms with Crippen molar-refractivity contribution in [3.8, 4) is 5.75 Å². The van der Waals surface area contributed by atoms with Gasteiger partial charge in [0.2, 0.25) is 0 Å². The summed E-state index contributed by atoms with van der Waals surface area (Å²) in [4.78, 5) is 20.9. The standard InChI is InChI=1S/C14H14BrClN4O2S/c1-20(12-10(15)7-17-14(18-12)23-3)19-13(21)9-6-8(22-2)4-5-11(9)16/h4-7H,1-3H3,(H,19,21). The average Bonchev–Trinajstić information content (AvgIpc) is 2.55. The summed E-state index contributed by atoms with van der Waals surface area (Å²) in [5.74, 6) is 0.722. The minimum absolute atomic E-state index is 0.313. The van der Waals surface area contributed by atoms with E-state index < -0.39 is 0 Å². The fourth-order valence-electron chi connectivity index (χ4n) is 1.75. The largest absolute Gasteiger partial charge is 0.497 e. The van der Waals surface area contributed by atoms with E-state index in [1.807, 2.05) is 6.26 Å². The molecule has 0 radical (unpaired) electrons. The van der Waals surface area contributed by atoms with Crippen molar-refractivity contribution in [3.05, 3.63) is 39.5 Å². The Balaban J connectivity index is 2.23. The Labute approximate surface area is 151 Å². The molecule has 1 amide bonds. The van der Waals surface area contributed by atoms with Crippen LogP contribution in [0.2, 0.25) is 5.02 Å². The number of thioether (sulfide) groups is 1. The number of methoxy groups -OCH3 is 1. The molecule has 0 atom stereocenters. The van der Waals surface area contributed by atoms with Gasteiger partial charge in [-0.1, -0.05) is 23.4 Å². The highest BCUT2D eigenvalue weighted by Gasteiger charge is 2.16. The van der Waals surface area contributed by atoms with Gasteiger partial charge in [0.15, 0.2) is 11.0 Å². The van der Waals surface area contributed by atoms with E-state index in [0.717, 1.165) is 0 Å². The van der Waals surface area contributed by atoms with Crippen LogP contribution in [-0.4, -0.2) is 36.3 Å². The Morgan fingerprint density at radius 2 is 2.22 bits per heavy atom. The molecule has 0 bridgehead atoms. The maximum atomic E-state index is 12.4. The molecule has 122 valence electrons. The highest BCUT2D eigenvalue weighted by molar-refractivity contribution is 9.10. The molecule has 2 aromatic rings. The van der Waals surface area contributed by atoms with Crippen LogP contribution >= 0.6 is 39.3 Å². The van der Waals surface area contributed by atoms with Gasteiger partial charge >= 0.3 is 0 Å². The number of nitrogens with one attached hydrogen (secondary N) is 1. The number of anilines is 1. The van der Waals surface area contributed by atoms with Gasteiger partial charge in [-0.3, -0.25) is 15.2 Å². The number of benzene rings is 1. The summed E-state index contributed by atoms with van der Waals surface area (Å²) in [7, 11) is 3.21. The van der Waals surface area contributed by atoms with Crippen LogP contribution in [0.25, 0.3) is 0 Å². The molecule has 0 spiro atoms. The molecule has 0 unspecified atom stereocenters. The van der Waals surface area contributed by atoms with E-state index in [2.05, 4.69) is 31.3 Å². The number of halogens is 2. The highest BCUT2D eigenvalue weighted by Crippen LogP contribution is 2.25.